The lowest BCUT2D eigenvalue weighted by molar-refractivity contribution is 0.416. The van der Waals surface area contributed by atoms with Gasteiger partial charge in [-0.3, -0.25) is 0 Å². The van der Waals surface area contributed by atoms with Crippen LogP contribution < -0.4 is 10.1 Å². The van der Waals surface area contributed by atoms with Gasteiger partial charge in [0.25, 0.3) is 0 Å². The van der Waals surface area contributed by atoms with E-state index >= 15 is 0 Å². The van der Waals surface area contributed by atoms with E-state index in [-0.39, 0.29) is 0 Å². The number of nitrogens with one attached hydrogen (secondary N) is 1. The molecule has 3 nitrogen and oxygen atoms in total. The summed E-state index contributed by atoms with van der Waals surface area (Å²) in [5.41, 5.74) is 1.02. The highest BCUT2D eigenvalue weighted by molar-refractivity contribution is 9.10. The standard InChI is InChI=1S/C13H15BrN2OS/c1-8(15-2)12-7-16-13(18-12)10-6-9(14)4-5-11(10)17-3/h4-8,15H,1-3H3. The molecule has 2 aromatic rings. The Bertz CT molecular complexity index is 542. The number of benzene rings is 1. The highest BCUT2D eigenvalue weighted by Crippen LogP contribution is 2.36. The van der Waals surface area contributed by atoms with E-state index < -0.39 is 0 Å². The van der Waals surface area contributed by atoms with Gasteiger partial charge in [-0.1, -0.05) is 15.9 Å². The van der Waals surface area contributed by atoms with Gasteiger partial charge in [-0.25, -0.2) is 4.98 Å². The number of ether oxygens (including phenoxy) is 1. The van der Waals surface area contributed by atoms with Gasteiger partial charge in [0.1, 0.15) is 10.8 Å². The molecule has 1 heterocycles. The lowest BCUT2D eigenvalue weighted by Crippen LogP contribution is -2.10. The lowest BCUT2D eigenvalue weighted by atomic mass is 10.2. The average Bonchev–Trinajstić information content (AvgIpc) is 2.87. The summed E-state index contributed by atoms with van der Waals surface area (Å²) in [4.78, 5) is 5.70. The minimum absolute atomic E-state index is 0.314. The summed E-state index contributed by atoms with van der Waals surface area (Å²) in [6.45, 7) is 2.12. The molecule has 0 amide bonds. The normalized spacial score (nSPS) is 12.4. The summed E-state index contributed by atoms with van der Waals surface area (Å²) < 4.78 is 6.41. The van der Waals surface area contributed by atoms with Crippen molar-refractivity contribution in [2.75, 3.05) is 14.2 Å². The molecule has 0 aliphatic rings. The van der Waals surface area contributed by atoms with Crippen molar-refractivity contribution in [3.63, 3.8) is 0 Å². The van der Waals surface area contributed by atoms with Crippen LogP contribution in [0, 0.1) is 0 Å². The van der Waals surface area contributed by atoms with E-state index in [2.05, 4.69) is 33.2 Å². The van der Waals surface area contributed by atoms with Crippen LogP contribution in [-0.4, -0.2) is 19.1 Å². The van der Waals surface area contributed by atoms with Gasteiger partial charge in [0.15, 0.2) is 0 Å². The fourth-order valence-electron chi connectivity index (χ4n) is 1.60. The SMILES string of the molecule is CNC(C)c1cnc(-c2cc(Br)ccc2OC)s1. The second-order valence-electron chi connectivity index (χ2n) is 3.92. The van der Waals surface area contributed by atoms with Crippen LogP contribution in [0.1, 0.15) is 17.8 Å². The van der Waals surface area contributed by atoms with Gasteiger partial charge >= 0.3 is 0 Å². The molecule has 5 heteroatoms. The molecule has 1 atom stereocenters. The summed E-state index contributed by atoms with van der Waals surface area (Å²) in [6.07, 6.45) is 1.92. The zero-order valence-corrected chi connectivity index (χ0v) is 12.9. The van der Waals surface area contributed by atoms with Gasteiger partial charge in [-0.2, -0.15) is 0 Å². The number of halogens is 1. The van der Waals surface area contributed by atoms with Gasteiger partial charge < -0.3 is 10.1 Å². The molecule has 0 saturated carbocycles. The average molecular weight is 327 g/mol. The maximum atomic E-state index is 5.38. The molecular formula is C13H15BrN2OS. The summed E-state index contributed by atoms with van der Waals surface area (Å²) in [5, 5.41) is 4.19. The van der Waals surface area contributed by atoms with Crippen LogP contribution in [0.3, 0.4) is 0 Å². The smallest absolute Gasteiger partial charge is 0.129 e. The van der Waals surface area contributed by atoms with E-state index in [9.17, 15) is 0 Å². The topological polar surface area (TPSA) is 34.2 Å². The number of nitrogens with zero attached hydrogens (tertiary/aromatic N) is 1. The monoisotopic (exact) mass is 326 g/mol. The van der Waals surface area contributed by atoms with E-state index in [4.69, 9.17) is 4.74 Å². The van der Waals surface area contributed by atoms with Crippen LogP contribution in [0.2, 0.25) is 0 Å². The third-order valence-corrected chi connectivity index (χ3v) is 4.48. The third-order valence-electron chi connectivity index (χ3n) is 2.78. The van der Waals surface area contributed by atoms with Gasteiger partial charge in [-0.15, -0.1) is 11.3 Å². The van der Waals surface area contributed by atoms with E-state index in [1.165, 1.54) is 4.88 Å². The zero-order valence-electron chi connectivity index (χ0n) is 10.5. The minimum atomic E-state index is 0.314. The third kappa shape index (κ3) is 2.74. The minimum Gasteiger partial charge on any atom is -0.496 e. The predicted octanol–water partition coefficient (Wildman–Crippen LogP) is 3.86. The Labute approximate surface area is 119 Å². The van der Waals surface area contributed by atoms with E-state index in [1.807, 2.05) is 31.4 Å². The predicted molar refractivity (Wildman–Crippen MR) is 79.3 cm³/mol. The Morgan fingerprint density at radius 2 is 2.22 bits per heavy atom. The summed E-state index contributed by atoms with van der Waals surface area (Å²) in [7, 11) is 3.63. The molecule has 1 unspecified atom stereocenters. The Kier molecular flexibility index (Phi) is 4.37. The summed E-state index contributed by atoms with van der Waals surface area (Å²) in [5.74, 6) is 0.844. The largest absolute Gasteiger partial charge is 0.496 e. The maximum absolute atomic E-state index is 5.38. The number of hydrogen-bond acceptors (Lipinski definition) is 4. The number of rotatable bonds is 4. The Hall–Kier alpha value is -0.910. The number of thiazole rings is 1. The molecule has 0 bridgehead atoms. The molecule has 1 aromatic heterocycles. The molecule has 2 rings (SSSR count). The fourth-order valence-corrected chi connectivity index (χ4v) is 2.96. The maximum Gasteiger partial charge on any atom is 0.129 e. The van der Waals surface area contributed by atoms with Crippen molar-refractivity contribution in [2.45, 2.75) is 13.0 Å². The Morgan fingerprint density at radius 1 is 1.44 bits per heavy atom. The molecule has 0 radical (unpaired) electrons. The molecule has 96 valence electrons. The van der Waals surface area contributed by atoms with Gasteiger partial charge in [0.2, 0.25) is 0 Å². The highest BCUT2D eigenvalue weighted by atomic mass is 79.9. The molecular weight excluding hydrogens is 312 g/mol. The first-order valence-corrected chi connectivity index (χ1v) is 7.23. The first kappa shape index (κ1) is 13.5. The van der Waals surface area contributed by atoms with Crippen molar-refractivity contribution in [3.05, 3.63) is 33.7 Å². The first-order chi connectivity index (χ1) is 8.65. The number of hydrogen-bond donors (Lipinski definition) is 1. The van der Waals surface area contributed by atoms with E-state index in [0.29, 0.717) is 6.04 Å². The van der Waals surface area contributed by atoms with Crippen molar-refractivity contribution in [1.29, 1.82) is 0 Å². The van der Waals surface area contributed by atoms with Crippen molar-refractivity contribution in [1.82, 2.24) is 10.3 Å². The first-order valence-electron chi connectivity index (χ1n) is 5.62. The van der Waals surface area contributed by atoms with Crippen LogP contribution in [-0.2, 0) is 0 Å². The van der Waals surface area contributed by atoms with Crippen LogP contribution in [0.5, 0.6) is 5.75 Å². The van der Waals surface area contributed by atoms with Crippen LogP contribution in [0.15, 0.2) is 28.9 Å². The van der Waals surface area contributed by atoms with Crippen molar-refractivity contribution >= 4 is 27.3 Å². The van der Waals surface area contributed by atoms with E-state index in [0.717, 1.165) is 20.8 Å². The molecule has 0 aliphatic carbocycles. The molecule has 1 aromatic carbocycles. The summed E-state index contributed by atoms with van der Waals surface area (Å²) in [6, 6.07) is 6.26. The van der Waals surface area contributed by atoms with Gasteiger partial charge in [-0.05, 0) is 32.2 Å². The number of aromatic nitrogens is 1. The van der Waals surface area contributed by atoms with Crippen molar-refractivity contribution in [3.8, 4) is 16.3 Å². The van der Waals surface area contributed by atoms with Crippen LogP contribution >= 0.6 is 27.3 Å². The molecule has 0 fully saturated rings. The number of methoxy groups -OCH3 is 1. The lowest BCUT2D eigenvalue weighted by Gasteiger charge is -2.07. The summed E-state index contributed by atoms with van der Waals surface area (Å²) >= 11 is 5.16. The zero-order chi connectivity index (χ0) is 13.1. The quantitative estimate of drug-likeness (QED) is 0.926. The second-order valence-corrected chi connectivity index (χ2v) is 5.90. The second kappa shape index (κ2) is 5.82. The molecule has 18 heavy (non-hydrogen) atoms. The molecule has 0 spiro atoms. The Balaban J connectivity index is 2.42. The molecule has 1 N–H and O–H groups in total. The van der Waals surface area contributed by atoms with Gasteiger partial charge in [0, 0.05) is 21.6 Å². The van der Waals surface area contributed by atoms with Crippen LogP contribution in [0.25, 0.3) is 10.6 Å². The highest BCUT2D eigenvalue weighted by Gasteiger charge is 2.13. The fraction of sp³-hybridized carbons (Fsp3) is 0.308. The molecule has 0 aliphatic heterocycles. The van der Waals surface area contributed by atoms with Crippen molar-refractivity contribution in [2.24, 2.45) is 0 Å². The van der Waals surface area contributed by atoms with Crippen molar-refractivity contribution < 1.29 is 4.74 Å². The molecule has 0 saturated heterocycles. The van der Waals surface area contributed by atoms with Crippen LogP contribution in [0.4, 0.5) is 0 Å². The Morgan fingerprint density at radius 3 is 2.89 bits per heavy atom. The van der Waals surface area contributed by atoms with E-state index in [1.54, 1.807) is 18.4 Å². The van der Waals surface area contributed by atoms with Gasteiger partial charge in [0.05, 0.1) is 12.7 Å².